The van der Waals surface area contributed by atoms with E-state index in [1.54, 1.807) is 24.3 Å². The van der Waals surface area contributed by atoms with Gasteiger partial charge in [0, 0.05) is 11.1 Å². The number of ether oxygens (including phenoxy) is 1. The molecule has 2 aromatic heterocycles. The van der Waals surface area contributed by atoms with Crippen LogP contribution in [-0.2, 0) is 4.79 Å². The molecule has 0 atom stereocenters. The molecule has 0 unspecified atom stereocenters. The number of aromatic nitrogens is 5. The maximum atomic E-state index is 10.8. The highest BCUT2D eigenvalue weighted by Gasteiger charge is 2.13. The zero-order chi connectivity index (χ0) is 20.9. The van der Waals surface area contributed by atoms with Crippen molar-refractivity contribution < 1.29 is 14.6 Å². The highest BCUT2D eigenvalue weighted by Crippen LogP contribution is 2.23. The number of rotatable bonds is 7. The minimum atomic E-state index is -1.06. The topological polar surface area (TPSA) is 121 Å². The number of carboxylic acids is 1. The summed E-state index contributed by atoms with van der Waals surface area (Å²) in [5.41, 5.74) is 2.97. The number of hydrogen-bond acceptors (Lipinski definition) is 6. The largest absolute Gasteiger partial charge is 0.481 e. The molecule has 0 aliphatic rings. The van der Waals surface area contributed by atoms with Gasteiger partial charge >= 0.3 is 5.97 Å². The molecule has 9 nitrogen and oxygen atoms in total. The minimum absolute atomic E-state index is 0.293. The van der Waals surface area contributed by atoms with Crippen molar-refractivity contribution in [3.8, 4) is 28.5 Å². The van der Waals surface area contributed by atoms with Crippen molar-refractivity contribution in [3.63, 3.8) is 0 Å². The predicted octanol–water partition coefficient (Wildman–Crippen LogP) is 3.34. The lowest BCUT2D eigenvalue weighted by Gasteiger charge is -2.06. The zero-order valence-electron chi connectivity index (χ0n) is 15.5. The molecule has 0 amide bonds. The van der Waals surface area contributed by atoms with Gasteiger partial charge in [-0.25, -0.2) is 9.89 Å². The first-order valence-corrected chi connectivity index (χ1v) is 9.29. The van der Waals surface area contributed by atoms with Gasteiger partial charge in [0.25, 0.3) is 0 Å². The Morgan fingerprint density at radius 1 is 1.13 bits per heavy atom. The standard InChI is InChI=1S/C20H16N6O3S/c27-18(28)12-29-17-9-5-4-8-14(17)11-21-26-19(24-25-20(26)30)16-10-15(22-23-16)13-6-2-1-3-7-13/h1-11H,12H2,(H,22,23)(H,25,30)(H,27,28). The molecule has 0 bridgehead atoms. The summed E-state index contributed by atoms with van der Waals surface area (Å²) < 4.78 is 7.04. The highest BCUT2D eigenvalue weighted by atomic mass is 32.1. The number of benzene rings is 2. The fourth-order valence-electron chi connectivity index (χ4n) is 2.74. The van der Waals surface area contributed by atoms with Crippen molar-refractivity contribution in [1.29, 1.82) is 0 Å². The molecule has 4 aromatic rings. The summed E-state index contributed by atoms with van der Waals surface area (Å²) in [6, 6.07) is 18.6. The van der Waals surface area contributed by atoms with E-state index in [-0.39, 0.29) is 0 Å². The fraction of sp³-hybridized carbons (Fsp3) is 0.0500. The van der Waals surface area contributed by atoms with Crippen molar-refractivity contribution >= 4 is 24.4 Å². The molecule has 0 aliphatic heterocycles. The summed E-state index contributed by atoms with van der Waals surface area (Å²) in [4.78, 5) is 10.8. The summed E-state index contributed by atoms with van der Waals surface area (Å²) in [6.07, 6.45) is 1.53. The van der Waals surface area contributed by atoms with Gasteiger partial charge in [-0.1, -0.05) is 42.5 Å². The number of nitrogens with zero attached hydrogens (tertiary/aromatic N) is 4. The van der Waals surface area contributed by atoms with Crippen molar-refractivity contribution in [2.24, 2.45) is 5.10 Å². The van der Waals surface area contributed by atoms with Crippen LogP contribution in [0.15, 0.2) is 65.8 Å². The number of H-pyrrole nitrogens is 2. The van der Waals surface area contributed by atoms with Crippen LogP contribution in [0.25, 0.3) is 22.8 Å². The van der Waals surface area contributed by atoms with Crippen LogP contribution in [0.4, 0.5) is 0 Å². The van der Waals surface area contributed by atoms with Crippen LogP contribution in [0.1, 0.15) is 5.56 Å². The number of carboxylic acid groups (broad SMARTS) is 1. The molecule has 30 heavy (non-hydrogen) atoms. The van der Waals surface area contributed by atoms with E-state index < -0.39 is 12.6 Å². The maximum Gasteiger partial charge on any atom is 0.341 e. The Balaban J connectivity index is 1.64. The lowest BCUT2D eigenvalue weighted by atomic mass is 10.1. The van der Waals surface area contributed by atoms with Crippen LogP contribution < -0.4 is 4.74 Å². The van der Waals surface area contributed by atoms with Gasteiger partial charge in [-0.2, -0.15) is 20.0 Å². The second-order valence-electron chi connectivity index (χ2n) is 6.16. The molecule has 2 heterocycles. The Morgan fingerprint density at radius 2 is 1.90 bits per heavy atom. The second-order valence-corrected chi connectivity index (χ2v) is 6.55. The fourth-order valence-corrected chi connectivity index (χ4v) is 2.92. The van der Waals surface area contributed by atoms with Crippen LogP contribution in [0, 0.1) is 4.77 Å². The van der Waals surface area contributed by atoms with Gasteiger partial charge in [0.2, 0.25) is 10.6 Å². The van der Waals surface area contributed by atoms with Gasteiger partial charge in [0.15, 0.2) is 6.61 Å². The Kier molecular flexibility index (Phi) is 5.48. The smallest absolute Gasteiger partial charge is 0.341 e. The monoisotopic (exact) mass is 420 g/mol. The predicted molar refractivity (Wildman–Crippen MR) is 113 cm³/mol. The van der Waals surface area contributed by atoms with Gasteiger partial charge < -0.3 is 9.84 Å². The first-order chi connectivity index (χ1) is 14.6. The third-order valence-corrected chi connectivity index (χ3v) is 4.39. The van der Waals surface area contributed by atoms with Gasteiger partial charge in [0.1, 0.15) is 11.4 Å². The second kappa shape index (κ2) is 8.53. The average Bonchev–Trinajstić information content (AvgIpc) is 3.39. The molecule has 0 aliphatic carbocycles. The number of carbonyl (C=O) groups is 1. The summed E-state index contributed by atoms with van der Waals surface area (Å²) in [5, 5.41) is 27.5. The van der Waals surface area contributed by atoms with E-state index in [0.29, 0.717) is 27.6 Å². The van der Waals surface area contributed by atoms with E-state index in [9.17, 15) is 4.79 Å². The third-order valence-electron chi connectivity index (χ3n) is 4.12. The van der Waals surface area contributed by atoms with Gasteiger partial charge in [-0.05, 0) is 30.4 Å². The molecule has 0 saturated carbocycles. The number of hydrogen-bond donors (Lipinski definition) is 3. The molecule has 0 fully saturated rings. The van der Waals surface area contributed by atoms with Gasteiger partial charge in [-0.15, -0.1) is 0 Å². The number of aliphatic carboxylic acids is 1. The summed E-state index contributed by atoms with van der Waals surface area (Å²) in [5.74, 6) is -0.211. The average molecular weight is 420 g/mol. The first kappa shape index (κ1) is 19.3. The number of nitrogens with one attached hydrogen (secondary N) is 2. The summed E-state index contributed by atoms with van der Waals surface area (Å²) in [7, 11) is 0. The Bertz CT molecular complexity index is 1260. The number of aromatic amines is 2. The minimum Gasteiger partial charge on any atom is -0.481 e. The van der Waals surface area contributed by atoms with Gasteiger partial charge in [0.05, 0.1) is 11.9 Å². The lowest BCUT2D eigenvalue weighted by Crippen LogP contribution is -2.10. The molecular weight excluding hydrogens is 404 g/mol. The first-order valence-electron chi connectivity index (χ1n) is 8.88. The molecular formula is C20H16N6O3S. The molecule has 10 heteroatoms. The van der Waals surface area contributed by atoms with Crippen molar-refractivity contribution in [3.05, 3.63) is 71.0 Å². The zero-order valence-corrected chi connectivity index (χ0v) is 16.3. The molecule has 0 saturated heterocycles. The molecule has 2 aromatic carbocycles. The van der Waals surface area contributed by atoms with Crippen LogP contribution >= 0.6 is 12.2 Å². The Labute approximate surface area is 175 Å². The normalized spacial score (nSPS) is 11.1. The van der Waals surface area contributed by atoms with E-state index >= 15 is 0 Å². The molecule has 3 N–H and O–H groups in total. The summed E-state index contributed by atoms with van der Waals surface area (Å²) >= 11 is 5.29. The van der Waals surface area contributed by atoms with Crippen LogP contribution in [-0.4, -0.2) is 49.0 Å². The molecule has 0 radical (unpaired) electrons. The van der Waals surface area contributed by atoms with Crippen molar-refractivity contribution in [1.82, 2.24) is 25.1 Å². The SMILES string of the molecule is O=C(O)COc1ccccc1C=Nn1c(-c2cc(-c3ccccc3)n[nH]2)n[nH]c1=S. The highest BCUT2D eigenvalue weighted by molar-refractivity contribution is 7.71. The molecule has 4 rings (SSSR count). The van der Waals surface area contributed by atoms with E-state index in [1.165, 1.54) is 10.9 Å². The van der Waals surface area contributed by atoms with Crippen molar-refractivity contribution in [2.75, 3.05) is 6.61 Å². The van der Waals surface area contributed by atoms with Crippen LogP contribution in [0.2, 0.25) is 0 Å². The Hall–Kier alpha value is -4.05. The maximum absolute atomic E-state index is 10.8. The summed E-state index contributed by atoms with van der Waals surface area (Å²) in [6.45, 7) is -0.447. The van der Waals surface area contributed by atoms with Crippen LogP contribution in [0.3, 0.4) is 0 Å². The van der Waals surface area contributed by atoms with E-state index in [0.717, 1.165) is 11.3 Å². The third kappa shape index (κ3) is 4.18. The quantitative estimate of drug-likeness (QED) is 0.311. The van der Waals surface area contributed by atoms with E-state index in [2.05, 4.69) is 25.5 Å². The molecule has 0 spiro atoms. The van der Waals surface area contributed by atoms with Crippen molar-refractivity contribution in [2.45, 2.75) is 0 Å². The Morgan fingerprint density at radius 3 is 2.70 bits per heavy atom. The van der Waals surface area contributed by atoms with E-state index in [4.69, 9.17) is 22.1 Å². The van der Waals surface area contributed by atoms with Crippen LogP contribution in [0.5, 0.6) is 5.75 Å². The number of para-hydroxylation sites is 1. The molecule has 150 valence electrons. The lowest BCUT2D eigenvalue weighted by molar-refractivity contribution is -0.139. The van der Waals surface area contributed by atoms with Gasteiger partial charge in [-0.3, -0.25) is 5.10 Å². The van der Waals surface area contributed by atoms with E-state index in [1.807, 2.05) is 36.4 Å².